The van der Waals surface area contributed by atoms with Crippen molar-refractivity contribution < 1.29 is 23.8 Å². The summed E-state index contributed by atoms with van der Waals surface area (Å²) in [4.78, 5) is 26.5. The summed E-state index contributed by atoms with van der Waals surface area (Å²) in [6.07, 6.45) is 0.445. The van der Waals surface area contributed by atoms with Crippen LogP contribution in [0.4, 0.5) is 0 Å². The Hall–Kier alpha value is -2.34. The molecule has 2 fully saturated rings. The molecule has 1 N–H and O–H groups in total. The number of carboxylic acids is 1. The van der Waals surface area contributed by atoms with Gasteiger partial charge in [-0.1, -0.05) is 12.1 Å². The maximum atomic E-state index is 13.0. The summed E-state index contributed by atoms with van der Waals surface area (Å²) in [6, 6.07) is 7.35. The number of para-hydroxylation sites is 1. The number of carbonyl (C=O) groups excluding carboxylic acids is 1. The van der Waals surface area contributed by atoms with Crippen molar-refractivity contribution in [3.8, 4) is 0 Å². The summed E-state index contributed by atoms with van der Waals surface area (Å²) in [5.74, 6) is -0.427. The molecule has 2 aliphatic heterocycles. The Morgan fingerprint density at radius 2 is 2.21 bits per heavy atom. The normalized spacial score (nSPS) is 26.5. The smallest absolute Gasteiger partial charge is 0.311 e. The summed E-state index contributed by atoms with van der Waals surface area (Å²) in [5.41, 5.74) is 0.164. The molecule has 0 bridgehead atoms. The second kappa shape index (κ2) is 5.34. The van der Waals surface area contributed by atoms with Crippen molar-refractivity contribution >= 4 is 22.8 Å². The molecule has 0 radical (unpaired) electrons. The second-order valence-corrected chi connectivity index (χ2v) is 6.75. The zero-order valence-electron chi connectivity index (χ0n) is 13.4. The quantitative estimate of drug-likeness (QED) is 0.914. The van der Waals surface area contributed by atoms with E-state index in [0.717, 1.165) is 11.1 Å². The van der Waals surface area contributed by atoms with Gasteiger partial charge in [-0.2, -0.15) is 0 Å². The first kappa shape index (κ1) is 15.2. The lowest BCUT2D eigenvalue weighted by atomic mass is 9.74. The van der Waals surface area contributed by atoms with Gasteiger partial charge in [-0.3, -0.25) is 9.59 Å². The third kappa shape index (κ3) is 2.13. The van der Waals surface area contributed by atoms with Gasteiger partial charge in [0.1, 0.15) is 11.3 Å². The molecule has 4 rings (SSSR count). The van der Waals surface area contributed by atoms with Crippen LogP contribution in [-0.4, -0.2) is 48.2 Å². The van der Waals surface area contributed by atoms with E-state index >= 15 is 0 Å². The van der Waals surface area contributed by atoms with Gasteiger partial charge >= 0.3 is 5.97 Å². The van der Waals surface area contributed by atoms with E-state index in [1.165, 1.54) is 0 Å². The van der Waals surface area contributed by atoms with E-state index in [0.29, 0.717) is 37.3 Å². The SMILES string of the molecule is Cc1cc2cccc(C(=O)N3C[C@@H]4COCC[C@]4(C(=O)O)C3)c2o1. The highest BCUT2D eigenvalue weighted by Crippen LogP contribution is 2.43. The van der Waals surface area contributed by atoms with Crippen molar-refractivity contribution in [2.24, 2.45) is 11.3 Å². The molecule has 2 aliphatic rings. The highest BCUT2D eigenvalue weighted by molar-refractivity contribution is 6.05. The number of amides is 1. The minimum Gasteiger partial charge on any atom is -0.481 e. The van der Waals surface area contributed by atoms with Crippen LogP contribution in [0, 0.1) is 18.3 Å². The molecule has 2 atom stereocenters. The number of carbonyl (C=O) groups is 2. The monoisotopic (exact) mass is 329 g/mol. The molecule has 0 aliphatic carbocycles. The second-order valence-electron chi connectivity index (χ2n) is 6.75. The zero-order chi connectivity index (χ0) is 16.9. The van der Waals surface area contributed by atoms with Crippen molar-refractivity contribution in [2.75, 3.05) is 26.3 Å². The molecule has 2 aromatic rings. The highest BCUT2D eigenvalue weighted by Gasteiger charge is 2.55. The molecular formula is C18H19NO5. The Morgan fingerprint density at radius 3 is 2.96 bits per heavy atom. The number of furan rings is 1. The minimum atomic E-state index is -0.888. The minimum absolute atomic E-state index is 0.162. The summed E-state index contributed by atoms with van der Waals surface area (Å²) in [7, 11) is 0. The molecule has 1 aromatic heterocycles. The molecular weight excluding hydrogens is 310 g/mol. The third-order valence-corrected chi connectivity index (χ3v) is 5.32. The molecule has 1 aromatic carbocycles. The Labute approximate surface area is 139 Å². The number of hydrogen-bond acceptors (Lipinski definition) is 4. The molecule has 2 saturated heterocycles. The van der Waals surface area contributed by atoms with E-state index in [1.807, 2.05) is 25.1 Å². The van der Waals surface area contributed by atoms with Crippen LogP contribution in [0.15, 0.2) is 28.7 Å². The lowest BCUT2D eigenvalue weighted by Crippen LogP contribution is -2.45. The van der Waals surface area contributed by atoms with Crippen molar-refractivity contribution in [1.82, 2.24) is 4.90 Å². The Kier molecular flexibility index (Phi) is 3.38. The number of benzene rings is 1. The van der Waals surface area contributed by atoms with Crippen LogP contribution in [0.2, 0.25) is 0 Å². The third-order valence-electron chi connectivity index (χ3n) is 5.32. The molecule has 6 heteroatoms. The van der Waals surface area contributed by atoms with Gasteiger partial charge in [-0.15, -0.1) is 0 Å². The largest absolute Gasteiger partial charge is 0.481 e. The van der Waals surface area contributed by atoms with Gasteiger partial charge in [0.05, 0.1) is 17.6 Å². The van der Waals surface area contributed by atoms with Gasteiger partial charge in [-0.05, 0) is 25.5 Å². The highest BCUT2D eigenvalue weighted by atomic mass is 16.5. The number of aliphatic carboxylic acids is 1. The Balaban J connectivity index is 1.69. The number of fused-ring (bicyclic) bond motifs is 2. The topological polar surface area (TPSA) is 80.0 Å². The number of likely N-dealkylation sites (tertiary alicyclic amines) is 1. The van der Waals surface area contributed by atoms with Crippen molar-refractivity contribution in [3.05, 3.63) is 35.6 Å². The summed E-state index contributed by atoms with van der Waals surface area (Å²) in [5, 5.41) is 10.6. The van der Waals surface area contributed by atoms with E-state index in [1.54, 1.807) is 11.0 Å². The number of nitrogens with zero attached hydrogens (tertiary/aromatic N) is 1. The summed E-state index contributed by atoms with van der Waals surface area (Å²) in [6.45, 7) is 3.29. The molecule has 126 valence electrons. The van der Waals surface area contributed by atoms with Gasteiger partial charge in [0.15, 0.2) is 0 Å². The van der Waals surface area contributed by atoms with Crippen LogP contribution in [0.1, 0.15) is 22.5 Å². The van der Waals surface area contributed by atoms with Gasteiger partial charge in [0.2, 0.25) is 0 Å². The molecule has 24 heavy (non-hydrogen) atoms. The fourth-order valence-corrected chi connectivity index (χ4v) is 3.98. The van der Waals surface area contributed by atoms with Gasteiger partial charge < -0.3 is 19.2 Å². The number of ether oxygens (including phenoxy) is 1. The average Bonchev–Trinajstić information content (AvgIpc) is 3.13. The summed E-state index contributed by atoms with van der Waals surface area (Å²) < 4.78 is 11.1. The molecule has 6 nitrogen and oxygen atoms in total. The number of rotatable bonds is 2. The van der Waals surface area contributed by atoms with Crippen LogP contribution in [0.25, 0.3) is 11.0 Å². The van der Waals surface area contributed by atoms with Crippen molar-refractivity contribution in [2.45, 2.75) is 13.3 Å². The predicted octanol–water partition coefficient (Wildman–Crippen LogP) is 2.30. The number of aryl methyl sites for hydroxylation is 1. The van der Waals surface area contributed by atoms with E-state index in [-0.39, 0.29) is 18.4 Å². The number of hydrogen-bond donors (Lipinski definition) is 1. The summed E-state index contributed by atoms with van der Waals surface area (Å²) >= 11 is 0. The molecule has 1 amide bonds. The maximum absolute atomic E-state index is 13.0. The lowest BCUT2D eigenvalue weighted by Gasteiger charge is -2.33. The van der Waals surface area contributed by atoms with Crippen molar-refractivity contribution in [1.29, 1.82) is 0 Å². The first-order valence-corrected chi connectivity index (χ1v) is 8.11. The van der Waals surface area contributed by atoms with Crippen LogP contribution >= 0.6 is 0 Å². The van der Waals surface area contributed by atoms with E-state index < -0.39 is 11.4 Å². The average molecular weight is 329 g/mol. The van der Waals surface area contributed by atoms with E-state index in [9.17, 15) is 14.7 Å². The molecule has 0 unspecified atom stereocenters. The van der Waals surface area contributed by atoms with Gasteiger partial charge in [-0.25, -0.2) is 0 Å². The Morgan fingerprint density at radius 1 is 1.38 bits per heavy atom. The Bertz CT molecular complexity index is 826. The van der Waals surface area contributed by atoms with Crippen molar-refractivity contribution in [3.63, 3.8) is 0 Å². The van der Waals surface area contributed by atoms with Gasteiger partial charge in [0.25, 0.3) is 5.91 Å². The molecule has 0 spiro atoms. The predicted molar refractivity (Wildman–Crippen MR) is 85.8 cm³/mol. The van der Waals surface area contributed by atoms with E-state index in [4.69, 9.17) is 9.15 Å². The van der Waals surface area contributed by atoms with Crippen LogP contribution in [0.3, 0.4) is 0 Å². The fraction of sp³-hybridized carbons (Fsp3) is 0.444. The zero-order valence-corrected chi connectivity index (χ0v) is 13.4. The van der Waals surface area contributed by atoms with Crippen LogP contribution < -0.4 is 0 Å². The lowest BCUT2D eigenvalue weighted by molar-refractivity contribution is -0.157. The standard InChI is InChI=1S/C18H19NO5/c1-11-7-12-3-2-4-14(15(12)24-11)16(20)19-8-13-9-23-6-5-18(13,10-19)17(21)22/h2-4,7,13H,5-6,8-10H2,1H3,(H,21,22)/t13-,18+/m1/s1. The maximum Gasteiger partial charge on any atom is 0.311 e. The molecule has 0 saturated carbocycles. The van der Waals surface area contributed by atoms with E-state index in [2.05, 4.69) is 0 Å². The molecule has 3 heterocycles. The van der Waals surface area contributed by atoms with Crippen LogP contribution in [-0.2, 0) is 9.53 Å². The van der Waals surface area contributed by atoms with Crippen LogP contribution in [0.5, 0.6) is 0 Å². The van der Waals surface area contributed by atoms with Gasteiger partial charge in [0, 0.05) is 31.0 Å². The number of carboxylic acid groups (broad SMARTS) is 1. The first-order valence-electron chi connectivity index (χ1n) is 8.11. The fourth-order valence-electron chi connectivity index (χ4n) is 3.98. The first-order chi connectivity index (χ1) is 11.5.